The van der Waals surface area contributed by atoms with Crippen molar-refractivity contribution in [1.82, 2.24) is 10.4 Å². The van der Waals surface area contributed by atoms with E-state index in [1.54, 1.807) is 13.1 Å². The summed E-state index contributed by atoms with van der Waals surface area (Å²) in [5.41, 5.74) is 5.37. The summed E-state index contributed by atoms with van der Waals surface area (Å²) < 4.78 is 5.40. The molecular weight excluding hydrogens is 328 g/mol. The predicted molar refractivity (Wildman–Crippen MR) is 105 cm³/mol. The first kappa shape index (κ1) is 17.5. The molecule has 0 spiro atoms. The van der Waals surface area contributed by atoms with Crippen molar-refractivity contribution in [2.45, 2.75) is 19.9 Å². The largest absolute Gasteiger partial charge is 0.494 e. The van der Waals surface area contributed by atoms with Gasteiger partial charge in [-0.15, -0.1) is 0 Å². The molecule has 2 aromatic carbocycles. The van der Waals surface area contributed by atoms with Gasteiger partial charge in [-0.1, -0.05) is 18.2 Å². The summed E-state index contributed by atoms with van der Waals surface area (Å²) in [6.07, 6.45) is 3.50. The van der Waals surface area contributed by atoms with Gasteiger partial charge in [-0.3, -0.25) is 4.79 Å². The molecular formula is C20H22N4O2. The molecule has 1 unspecified atom stereocenters. The number of fused-ring (bicyclic) bond motifs is 1. The molecule has 1 atom stereocenters. The number of ether oxygens (including phenoxy) is 1. The fourth-order valence-corrected chi connectivity index (χ4v) is 2.59. The minimum atomic E-state index is -0.423. The molecule has 6 nitrogen and oxygen atoms in total. The number of rotatable bonds is 7. The van der Waals surface area contributed by atoms with Crippen molar-refractivity contribution >= 4 is 28.7 Å². The van der Waals surface area contributed by atoms with Crippen molar-refractivity contribution in [3.63, 3.8) is 0 Å². The lowest BCUT2D eigenvalue weighted by molar-refractivity contribution is -0.121. The Kier molecular flexibility index (Phi) is 5.53. The number of nitrogens with one attached hydrogen (secondary N) is 3. The summed E-state index contributed by atoms with van der Waals surface area (Å²) in [6, 6.07) is 15.0. The van der Waals surface area contributed by atoms with Crippen molar-refractivity contribution in [3.8, 4) is 5.75 Å². The molecule has 3 rings (SSSR count). The van der Waals surface area contributed by atoms with Crippen LogP contribution in [0.25, 0.3) is 10.9 Å². The first-order valence-electron chi connectivity index (χ1n) is 8.56. The van der Waals surface area contributed by atoms with Crippen LogP contribution in [0.4, 0.5) is 5.69 Å². The molecule has 0 bridgehead atoms. The number of para-hydroxylation sites is 1. The number of aromatic amines is 1. The molecule has 0 aliphatic heterocycles. The van der Waals surface area contributed by atoms with E-state index in [1.165, 1.54) is 0 Å². The van der Waals surface area contributed by atoms with Crippen LogP contribution in [-0.2, 0) is 4.79 Å². The smallest absolute Gasteiger partial charge is 0.262 e. The highest BCUT2D eigenvalue weighted by Gasteiger charge is 2.11. The molecule has 6 heteroatoms. The number of hydrogen-bond acceptors (Lipinski definition) is 4. The van der Waals surface area contributed by atoms with Gasteiger partial charge in [0, 0.05) is 28.4 Å². The number of carbonyl (C=O) groups excluding carboxylic acids is 1. The van der Waals surface area contributed by atoms with Crippen LogP contribution in [0.15, 0.2) is 59.8 Å². The second-order valence-electron chi connectivity index (χ2n) is 5.85. The Morgan fingerprint density at radius 1 is 1.23 bits per heavy atom. The maximum atomic E-state index is 12.2. The molecule has 0 aliphatic rings. The maximum absolute atomic E-state index is 12.2. The first-order valence-corrected chi connectivity index (χ1v) is 8.56. The van der Waals surface area contributed by atoms with Crippen molar-refractivity contribution in [2.24, 2.45) is 5.10 Å². The second kappa shape index (κ2) is 8.20. The molecule has 1 aromatic heterocycles. The first-order chi connectivity index (χ1) is 12.7. The Balaban J connectivity index is 1.55. The number of anilines is 1. The van der Waals surface area contributed by atoms with Crippen LogP contribution in [-0.4, -0.2) is 29.8 Å². The van der Waals surface area contributed by atoms with Gasteiger partial charge in [-0.2, -0.15) is 5.10 Å². The van der Waals surface area contributed by atoms with Gasteiger partial charge in [0.25, 0.3) is 5.91 Å². The number of H-pyrrole nitrogens is 1. The highest BCUT2D eigenvalue weighted by atomic mass is 16.5. The van der Waals surface area contributed by atoms with E-state index in [2.05, 4.69) is 20.8 Å². The number of aromatic nitrogens is 1. The minimum absolute atomic E-state index is 0.213. The number of hydrogen-bond donors (Lipinski definition) is 3. The second-order valence-corrected chi connectivity index (χ2v) is 5.85. The van der Waals surface area contributed by atoms with Crippen LogP contribution < -0.4 is 15.5 Å². The average Bonchev–Trinajstić information content (AvgIpc) is 3.07. The zero-order chi connectivity index (χ0) is 18.4. The molecule has 1 heterocycles. The average molecular weight is 350 g/mol. The molecule has 1 amide bonds. The monoisotopic (exact) mass is 350 g/mol. The van der Waals surface area contributed by atoms with Crippen LogP contribution in [0.1, 0.15) is 19.4 Å². The fourth-order valence-electron chi connectivity index (χ4n) is 2.59. The lowest BCUT2D eigenvalue weighted by Gasteiger charge is -2.13. The zero-order valence-electron chi connectivity index (χ0n) is 14.8. The molecule has 0 radical (unpaired) electrons. The van der Waals surface area contributed by atoms with E-state index in [0.717, 1.165) is 27.9 Å². The Morgan fingerprint density at radius 3 is 2.77 bits per heavy atom. The van der Waals surface area contributed by atoms with Gasteiger partial charge in [-0.25, -0.2) is 5.43 Å². The lowest BCUT2D eigenvalue weighted by Crippen LogP contribution is -2.34. The van der Waals surface area contributed by atoms with Gasteiger partial charge < -0.3 is 15.0 Å². The van der Waals surface area contributed by atoms with E-state index >= 15 is 0 Å². The zero-order valence-corrected chi connectivity index (χ0v) is 14.8. The van der Waals surface area contributed by atoms with Gasteiger partial charge >= 0.3 is 0 Å². The van der Waals surface area contributed by atoms with Crippen LogP contribution in [0, 0.1) is 0 Å². The summed E-state index contributed by atoms with van der Waals surface area (Å²) in [4.78, 5) is 15.4. The SMILES string of the molecule is CCOc1ccc(NC(C)C(=O)NN=Cc2c[nH]c3ccccc23)cc1. The van der Waals surface area contributed by atoms with E-state index in [-0.39, 0.29) is 5.91 Å². The van der Waals surface area contributed by atoms with Crippen LogP contribution in [0.5, 0.6) is 5.75 Å². The number of hydrazone groups is 1. The van der Waals surface area contributed by atoms with Crippen LogP contribution in [0.2, 0.25) is 0 Å². The molecule has 0 fully saturated rings. The summed E-state index contributed by atoms with van der Waals surface area (Å²) in [6.45, 7) is 4.35. The Hall–Kier alpha value is -3.28. The van der Waals surface area contributed by atoms with Crippen molar-refractivity contribution in [2.75, 3.05) is 11.9 Å². The minimum Gasteiger partial charge on any atom is -0.494 e. The van der Waals surface area contributed by atoms with Gasteiger partial charge in [0.15, 0.2) is 0 Å². The van der Waals surface area contributed by atoms with Gasteiger partial charge in [0.05, 0.1) is 12.8 Å². The standard InChI is InChI=1S/C20H22N4O2/c1-3-26-17-10-8-16(9-11-17)23-14(2)20(25)24-22-13-15-12-21-19-7-5-4-6-18(15)19/h4-14,21,23H,3H2,1-2H3,(H,24,25). The normalized spacial score (nSPS) is 12.2. The van der Waals surface area contributed by atoms with Crippen LogP contribution in [0.3, 0.4) is 0 Å². The predicted octanol–water partition coefficient (Wildman–Crippen LogP) is 3.52. The van der Waals surface area contributed by atoms with E-state index in [9.17, 15) is 4.79 Å². The molecule has 0 aliphatic carbocycles. The Morgan fingerprint density at radius 2 is 2.00 bits per heavy atom. The van der Waals surface area contributed by atoms with E-state index in [4.69, 9.17) is 4.74 Å². The molecule has 3 N–H and O–H groups in total. The molecule has 26 heavy (non-hydrogen) atoms. The van der Waals surface area contributed by atoms with E-state index in [0.29, 0.717) is 6.61 Å². The third kappa shape index (κ3) is 4.22. The topological polar surface area (TPSA) is 78.5 Å². The highest BCUT2D eigenvalue weighted by molar-refractivity contribution is 5.99. The molecule has 0 saturated carbocycles. The summed E-state index contributed by atoms with van der Waals surface area (Å²) in [5.74, 6) is 0.591. The Bertz CT molecular complexity index is 900. The number of amides is 1. The summed E-state index contributed by atoms with van der Waals surface area (Å²) in [7, 11) is 0. The van der Waals surface area contributed by atoms with Gasteiger partial charge in [0.2, 0.25) is 0 Å². The molecule has 3 aromatic rings. The molecule has 134 valence electrons. The fraction of sp³-hybridized carbons (Fsp3) is 0.200. The highest BCUT2D eigenvalue weighted by Crippen LogP contribution is 2.17. The maximum Gasteiger partial charge on any atom is 0.262 e. The van der Waals surface area contributed by atoms with Gasteiger partial charge in [-0.05, 0) is 44.2 Å². The van der Waals surface area contributed by atoms with Crippen molar-refractivity contribution in [1.29, 1.82) is 0 Å². The summed E-state index contributed by atoms with van der Waals surface area (Å²) >= 11 is 0. The summed E-state index contributed by atoms with van der Waals surface area (Å²) in [5, 5.41) is 8.26. The third-order valence-corrected chi connectivity index (χ3v) is 3.94. The molecule has 0 saturated heterocycles. The lowest BCUT2D eigenvalue weighted by atomic mass is 10.2. The Labute approximate surface area is 152 Å². The van der Waals surface area contributed by atoms with Crippen molar-refractivity contribution in [3.05, 3.63) is 60.3 Å². The van der Waals surface area contributed by atoms with E-state index < -0.39 is 6.04 Å². The number of benzene rings is 2. The number of nitrogens with zero attached hydrogens (tertiary/aromatic N) is 1. The third-order valence-electron chi connectivity index (χ3n) is 3.94. The van der Waals surface area contributed by atoms with Gasteiger partial charge in [0.1, 0.15) is 11.8 Å². The quantitative estimate of drug-likeness (QED) is 0.451. The van der Waals surface area contributed by atoms with E-state index in [1.807, 2.05) is 61.7 Å². The number of carbonyl (C=O) groups is 1. The van der Waals surface area contributed by atoms with Crippen LogP contribution >= 0.6 is 0 Å². The van der Waals surface area contributed by atoms with Crippen molar-refractivity contribution < 1.29 is 9.53 Å².